The van der Waals surface area contributed by atoms with Crippen molar-refractivity contribution in [3.8, 4) is 0 Å². The van der Waals surface area contributed by atoms with Gasteiger partial charge in [0.25, 0.3) is 0 Å². The zero-order chi connectivity index (χ0) is 13.3. The summed E-state index contributed by atoms with van der Waals surface area (Å²) in [6.07, 6.45) is 0. The second-order valence-electron chi connectivity index (χ2n) is 4.00. The fraction of sp³-hybridized carbons (Fsp3) is 0.417. The van der Waals surface area contributed by atoms with Gasteiger partial charge in [-0.1, -0.05) is 0 Å². The molecule has 0 fully saturated rings. The summed E-state index contributed by atoms with van der Waals surface area (Å²) in [4.78, 5) is 4.72. The molecule has 1 aromatic heterocycles. The van der Waals surface area contributed by atoms with Crippen LogP contribution < -0.4 is 0 Å². The summed E-state index contributed by atoms with van der Waals surface area (Å²) in [6, 6.07) is 5.13. The van der Waals surface area contributed by atoms with Crippen LogP contribution in [0.4, 0.5) is 0 Å². The summed E-state index contributed by atoms with van der Waals surface area (Å²) >= 11 is 0. The van der Waals surface area contributed by atoms with Crippen molar-refractivity contribution in [1.82, 2.24) is 9.55 Å². The van der Waals surface area contributed by atoms with Crippen LogP contribution in [0.1, 0.15) is 19.7 Å². The minimum Gasteiger partial charge on any atom is -0.329 e. The zero-order valence-electron chi connectivity index (χ0n) is 10.8. The summed E-state index contributed by atoms with van der Waals surface area (Å²) in [7, 11) is -3.29. The zero-order valence-corrected chi connectivity index (χ0v) is 11.6. The molecular weight excluding hydrogens is 250 g/mol. The van der Waals surface area contributed by atoms with Crippen LogP contribution in [0, 0.1) is 6.92 Å². The highest BCUT2D eigenvalue weighted by molar-refractivity contribution is 7.88. The van der Waals surface area contributed by atoms with Gasteiger partial charge in [-0.05, 0) is 39.0 Å². The van der Waals surface area contributed by atoms with E-state index >= 15 is 0 Å². The second kappa shape index (κ2) is 4.70. The van der Waals surface area contributed by atoms with E-state index in [0.717, 1.165) is 23.4 Å². The van der Waals surface area contributed by atoms with E-state index < -0.39 is 10.0 Å². The molecule has 1 N–H and O–H groups in total. The summed E-state index contributed by atoms with van der Waals surface area (Å²) in [5, 5.41) is 0. The van der Waals surface area contributed by atoms with E-state index in [1.165, 1.54) is 0 Å². The molecule has 1 atom stereocenters. The minimum absolute atomic E-state index is 0.315. The molecule has 18 heavy (non-hydrogen) atoms. The molecule has 0 aliphatic rings. The van der Waals surface area contributed by atoms with Crippen molar-refractivity contribution in [3.05, 3.63) is 24.0 Å². The minimum atomic E-state index is -3.29. The van der Waals surface area contributed by atoms with E-state index in [-0.39, 0.29) is 0 Å². The smallest absolute Gasteiger partial charge is 0.190 e. The van der Waals surface area contributed by atoms with Gasteiger partial charge < -0.3 is 4.57 Å². The third kappa shape index (κ3) is 2.13. The Hall–Kier alpha value is -1.40. The predicted molar refractivity (Wildman–Crippen MR) is 72.2 cm³/mol. The average Bonchev–Trinajstić information content (AvgIpc) is 2.63. The highest BCUT2D eigenvalue weighted by atomic mass is 32.2. The number of aryl methyl sites for hydroxylation is 2. The molecule has 0 bridgehead atoms. The van der Waals surface area contributed by atoms with Crippen molar-refractivity contribution in [3.63, 3.8) is 0 Å². The number of imidazole rings is 1. The first-order chi connectivity index (χ1) is 8.49. The van der Waals surface area contributed by atoms with E-state index in [9.17, 15) is 8.76 Å². The Balaban J connectivity index is 2.66. The molecule has 0 spiro atoms. The molecular formula is C12H17N3O2S. The molecule has 1 aromatic carbocycles. The standard InChI is InChI=1S/C12H17N3O2S/c1-4-13-18(16,17)10-6-7-12-11(8-10)14-9(3)15(12)5-2/h6-8H,4-5H2,1-3H3,(H,13,16,17). The van der Waals surface area contributed by atoms with Gasteiger partial charge in [-0.25, -0.2) is 13.6 Å². The molecule has 5 nitrogen and oxygen atoms in total. The van der Waals surface area contributed by atoms with E-state index in [4.69, 9.17) is 0 Å². The van der Waals surface area contributed by atoms with Crippen LogP contribution in [0.25, 0.3) is 11.0 Å². The van der Waals surface area contributed by atoms with Crippen LogP contribution in [0.5, 0.6) is 0 Å². The molecule has 1 unspecified atom stereocenters. The Kier molecular flexibility index (Phi) is 3.41. The summed E-state index contributed by atoms with van der Waals surface area (Å²) < 4.78 is 27.5. The lowest BCUT2D eigenvalue weighted by Gasteiger charge is -2.04. The van der Waals surface area contributed by atoms with Crippen LogP contribution >= 0.6 is 0 Å². The third-order valence-electron chi connectivity index (χ3n) is 2.84. The SMILES string of the molecule is CCN=S(=O)(O)c1ccc2c(c1)nc(C)n2CC. The van der Waals surface area contributed by atoms with Crippen LogP contribution in [-0.4, -0.2) is 24.9 Å². The monoisotopic (exact) mass is 267 g/mol. The molecule has 0 radical (unpaired) electrons. The van der Waals surface area contributed by atoms with E-state index in [0.29, 0.717) is 11.4 Å². The lowest BCUT2D eigenvalue weighted by molar-refractivity contribution is 0.549. The number of aromatic nitrogens is 2. The van der Waals surface area contributed by atoms with Crippen molar-refractivity contribution in [2.75, 3.05) is 6.54 Å². The molecule has 2 rings (SSSR count). The van der Waals surface area contributed by atoms with Crippen LogP contribution in [0.15, 0.2) is 27.5 Å². The normalized spacial score (nSPS) is 14.7. The van der Waals surface area contributed by atoms with Crippen molar-refractivity contribution in [2.24, 2.45) is 4.36 Å². The number of hydrogen-bond acceptors (Lipinski definition) is 3. The lowest BCUT2D eigenvalue weighted by Crippen LogP contribution is -2.00. The van der Waals surface area contributed by atoms with E-state index in [1.807, 2.05) is 19.9 Å². The van der Waals surface area contributed by atoms with Crippen molar-refractivity contribution < 1.29 is 8.76 Å². The van der Waals surface area contributed by atoms with Crippen LogP contribution in [0.2, 0.25) is 0 Å². The lowest BCUT2D eigenvalue weighted by atomic mass is 10.3. The van der Waals surface area contributed by atoms with Crippen molar-refractivity contribution in [2.45, 2.75) is 32.2 Å². The predicted octanol–water partition coefficient (Wildman–Crippen LogP) is 2.68. The molecule has 0 amide bonds. The Morgan fingerprint density at radius 1 is 1.44 bits per heavy atom. The Bertz CT molecular complexity index is 697. The van der Waals surface area contributed by atoms with Crippen molar-refractivity contribution >= 4 is 21.0 Å². The Labute approximate surface area is 107 Å². The quantitative estimate of drug-likeness (QED) is 0.929. The number of benzene rings is 1. The van der Waals surface area contributed by atoms with Gasteiger partial charge in [-0.3, -0.25) is 4.55 Å². The molecule has 6 heteroatoms. The summed E-state index contributed by atoms with van der Waals surface area (Å²) in [5.74, 6) is 0.904. The second-order valence-corrected chi connectivity index (χ2v) is 5.72. The van der Waals surface area contributed by atoms with Crippen LogP contribution in [-0.2, 0) is 16.6 Å². The van der Waals surface area contributed by atoms with Gasteiger partial charge in [-0.2, -0.15) is 0 Å². The fourth-order valence-corrected chi connectivity index (χ4v) is 3.05. The van der Waals surface area contributed by atoms with Gasteiger partial charge in [-0.15, -0.1) is 0 Å². The van der Waals surface area contributed by atoms with Gasteiger partial charge in [0.2, 0.25) is 0 Å². The molecule has 0 aliphatic heterocycles. The number of hydrogen-bond donors (Lipinski definition) is 1. The third-order valence-corrected chi connectivity index (χ3v) is 4.31. The number of nitrogens with zero attached hydrogens (tertiary/aromatic N) is 3. The topological polar surface area (TPSA) is 67.5 Å². The first-order valence-corrected chi connectivity index (χ1v) is 7.39. The summed E-state index contributed by atoms with van der Waals surface area (Å²) in [5.41, 5.74) is 1.71. The maximum absolute atomic E-state index is 11.9. The molecule has 0 aliphatic carbocycles. The van der Waals surface area contributed by atoms with E-state index in [1.54, 1.807) is 19.1 Å². The van der Waals surface area contributed by atoms with E-state index in [2.05, 4.69) is 13.9 Å². The average molecular weight is 267 g/mol. The van der Waals surface area contributed by atoms with Gasteiger partial charge >= 0.3 is 0 Å². The maximum atomic E-state index is 11.9. The van der Waals surface area contributed by atoms with Gasteiger partial charge in [0.15, 0.2) is 10.0 Å². The molecule has 2 aromatic rings. The Morgan fingerprint density at radius 3 is 2.78 bits per heavy atom. The number of rotatable bonds is 3. The molecule has 1 heterocycles. The van der Waals surface area contributed by atoms with Gasteiger partial charge in [0.05, 0.1) is 15.9 Å². The first-order valence-electron chi connectivity index (χ1n) is 5.92. The molecule has 0 saturated carbocycles. The maximum Gasteiger partial charge on any atom is 0.190 e. The highest BCUT2D eigenvalue weighted by Crippen LogP contribution is 2.21. The number of fused-ring (bicyclic) bond motifs is 1. The summed E-state index contributed by atoms with van der Waals surface area (Å²) in [6.45, 7) is 6.86. The largest absolute Gasteiger partial charge is 0.329 e. The Morgan fingerprint density at radius 2 is 2.17 bits per heavy atom. The van der Waals surface area contributed by atoms with Crippen molar-refractivity contribution in [1.29, 1.82) is 0 Å². The molecule has 98 valence electrons. The van der Waals surface area contributed by atoms with Gasteiger partial charge in [0, 0.05) is 13.1 Å². The molecule has 0 saturated heterocycles. The fourth-order valence-electron chi connectivity index (χ4n) is 2.04. The highest BCUT2D eigenvalue weighted by Gasteiger charge is 2.12. The van der Waals surface area contributed by atoms with Gasteiger partial charge in [0.1, 0.15) is 5.82 Å². The first kappa shape index (κ1) is 13.0. The van der Waals surface area contributed by atoms with Crippen LogP contribution in [0.3, 0.4) is 0 Å².